The molecule has 1 saturated heterocycles. The Balaban J connectivity index is 1.68. The van der Waals surface area contributed by atoms with E-state index in [2.05, 4.69) is 5.32 Å². The van der Waals surface area contributed by atoms with E-state index in [1.165, 1.54) is 53.4 Å². The monoisotopic (exact) mass is 316 g/mol. The summed E-state index contributed by atoms with van der Waals surface area (Å²) in [5.41, 5.74) is 1.04. The summed E-state index contributed by atoms with van der Waals surface area (Å²) in [4.78, 5) is 25.8. The van der Waals surface area contributed by atoms with Crippen LogP contribution in [0.15, 0.2) is 48.5 Å². The first-order chi connectivity index (χ1) is 11.0. The number of benzene rings is 2. The van der Waals surface area contributed by atoms with Crippen LogP contribution in [0.4, 0.5) is 20.2 Å². The summed E-state index contributed by atoms with van der Waals surface area (Å²) in [7, 11) is 0. The number of carbonyl (C=O) groups excluding carboxylic acids is 2. The highest BCUT2D eigenvalue weighted by atomic mass is 19.1. The predicted octanol–water partition coefficient (Wildman–Crippen LogP) is 2.96. The summed E-state index contributed by atoms with van der Waals surface area (Å²) in [5.74, 6) is -1.75. The lowest BCUT2D eigenvalue weighted by Gasteiger charge is -2.16. The Morgan fingerprint density at radius 3 is 2.17 bits per heavy atom. The largest absolute Gasteiger partial charge is 0.326 e. The molecule has 0 aromatic heterocycles. The SMILES string of the molecule is O=C(Nc1ccc(F)cc1)[C@H]1CC(=O)N(c2ccc(F)cc2)C1. The molecule has 1 fully saturated rings. The van der Waals surface area contributed by atoms with Crippen molar-refractivity contribution in [2.45, 2.75) is 6.42 Å². The van der Waals surface area contributed by atoms with Gasteiger partial charge in [0, 0.05) is 24.3 Å². The smallest absolute Gasteiger partial charge is 0.229 e. The molecule has 2 amide bonds. The molecule has 4 nitrogen and oxygen atoms in total. The number of carbonyl (C=O) groups is 2. The maximum absolute atomic E-state index is 13.0. The minimum absolute atomic E-state index is 0.0877. The van der Waals surface area contributed by atoms with Gasteiger partial charge in [-0.3, -0.25) is 9.59 Å². The Morgan fingerprint density at radius 2 is 1.57 bits per heavy atom. The van der Waals surface area contributed by atoms with Crippen LogP contribution in [-0.4, -0.2) is 18.4 Å². The van der Waals surface area contributed by atoms with E-state index >= 15 is 0 Å². The molecule has 2 aromatic rings. The third-order valence-corrected chi connectivity index (χ3v) is 3.75. The summed E-state index contributed by atoms with van der Waals surface area (Å²) in [6, 6.07) is 11.0. The zero-order chi connectivity index (χ0) is 16.4. The summed E-state index contributed by atoms with van der Waals surface area (Å²) >= 11 is 0. The van der Waals surface area contributed by atoms with Crippen molar-refractivity contribution in [1.29, 1.82) is 0 Å². The molecule has 118 valence electrons. The van der Waals surface area contributed by atoms with E-state index < -0.39 is 5.92 Å². The number of rotatable bonds is 3. The zero-order valence-corrected chi connectivity index (χ0v) is 12.1. The Morgan fingerprint density at radius 1 is 1.00 bits per heavy atom. The van der Waals surface area contributed by atoms with Gasteiger partial charge in [-0.2, -0.15) is 0 Å². The standard InChI is InChI=1S/C17H14F2N2O2/c18-12-1-5-14(6-2-12)20-17(23)11-9-16(22)21(10-11)15-7-3-13(19)4-8-15/h1-8,11H,9-10H2,(H,20,23)/t11-/m0/s1. The van der Waals surface area contributed by atoms with Crippen molar-refractivity contribution in [1.82, 2.24) is 0 Å². The quantitative estimate of drug-likeness (QED) is 0.946. The zero-order valence-electron chi connectivity index (χ0n) is 12.1. The van der Waals surface area contributed by atoms with Gasteiger partial charge in [0.1, 0.15) is 11.6 Å². The number of hydrogen-bond acceptors (Lipinski definition) is 2. The molecule has 23 heavy (non-hydrogen) atoms. The summed E-state index contributed by atoms with van der Waals surface area (Å²) in [5, 5.41) is 2.67. The average molecular weight is 316 g/mol. The van der Waals surface area contributed by atoms with Gasteiger partial charge < -0.3 is 10.2 Å². The van der Waals surface area contributed by atoms with Crippen LogP contribution in [0.2, 0.25) is 0 Å². The third-order valence-electron chi connectivity index (χ3n) is 3.75. The summed E-state index contributed by atoms with van der Waals surface area (Å²) in [6.07, 6.45) is 0.0877. The van der Waals surface area contributed by atoms with Gasteiger partial charge in [0.25, 0.3) is 0 Å². The highest BCUT2D eigenvalue weighted by Gasteiger charge is 2.35. The fourth-order valence-corrected chi connectivity index (χ4v) is 2.53. The fraction of sp³-hybridized carbons (Fsp3) is 0.176. The normalized spacial score (nSPS) is 17.4. The van der Waals surface area contributed by atoms with Crippen LogP contribution < -0.4 is 10.2 Å². The number of anilines is 2. The Labute approximate surface area is 131 Å². The molecule has 0 aliphatic carbocycles. The highest BCUT2D eigenvalue weighted by Crippen LogP contribution is 2.26. The molecule has 0 saturated carbocycles. The summed E-state index contributed by atoms with van der Waals surface area (Å²) < 4.78 is 25.8. The van der Waals surface area contributed by atoms with Crippen LogP contribution in [0.5, 0.6) is 0 Å². The van der Waals surface area contributed by atoms with Gasteiger partial charge in [-0.1, -0.05) is 0 Å². The van der Waals surface area contributed by atoms with Crippen molar-refractivity contribution in [2.24, 2.45) is 5.92 Å². The Kier molecular flexibility index (Phi) is 4.06. The van der Waals surface area contributed by atoms with Crippen LogP contribution in [0.25, 0.3) is 0 Å². The second kappa shape index (κ2) is 6.16. The predicted molar refractivity (Wildman–Crippen MR) is 81.9 cm³/mol. The van der Waals surface area contributed by atoms with Crippen molar-refractivity contribution in [3.8, 4) is 0 Å². The van der Waals surface area contributed by atoms with E-state index in [0.717, 1.165) is 0 Å². The molecule has 0 radical (unpaired) electrons. The van der Waals surface area contributed by atoms with Gasteiger partial charge in [-0.05, 0) is 48.5 Å². The molecule has 1 aliphatic rings. The van der Waals surface area contributed by atoms with Crippen molar-refractivity contribution in [3.63, 3.8) is 0 Å². The average Bonchev–Trinajstić information content (AvgIpc) is 2.92. The molecule has 1 atom stereocenters. The number of amides is 2. The molecule has 2 aromatic carbocycles. The van der Waals surface area contributed by atoms with Crippen LogP contribution in [0.3, 0.4) is 0 Å². The van der Waals surface area contributed by atoms with Crippen molar-refractivity contribution >= 4 is 23.2 Å². The van der Waals surface area contributed by atoms with Gasteiger partial charge in [0.05, 0.1) is 5.92 Å². The third kappa shape index (κ3) is 3.36. The number of nitrogens with zero attached hydrogens (tertiary/aromatic N) is 1. The van der Waals surface area contributed by atoms with Crippen molar-refractivity contribution in [2.75, 3.05) is 16.8 Å². The van der Waals surface area contributed by atoms with Gasteiger partial charge in [0.2, 0.25) is 11.8 Å². The van der Waals surface area contributed by atoms with Gasteiger partial charge in [-0.15, -0.1) is 0 Å². The van der Waals surface area contributed by atoms with E-state index in [1.54, 1.807) is 0 Å². The molecular weight excluding hydrogens is 302 g/mol. The fourth-order valence-electron chi connectivity index (χ4n) is 2.53. The lowest BCUT2D eigenvalue weighted by Crippen LogP contribution is -2.28. The van der Waals surface area contributed by atoms with Crippen LogP contribution >= 0.6 is 0 Å². The molecule has 1 heterocycles. The Bertz CT molecular complexity index is 729. The molecule has 1 aliphatic heterocycles. The molecule has 1 N–H and O–H groups in total. The molecular formula is C17H14F2N2O2. The molecule has 0 unspecified atom stereocenters. The Hall–Kier alpha value is -2.76. The van der Waals surface area contributed by atoms with E-state index in [0.29, 0.717) is 11.4 Å². The summed E-state index contributed by atoms with van der Waals surface area (Å²) in [6.45, 7) is 0.234. The van der Waals surface area contributed by atoms with Crippen LogP contribution in [-0.2, 0) is 9.59 Å². The first-order valence-electron chi connectivity index (χ1n) is 7.15. The van der Waals surface area contributed by atoms with E-state index in [9.17, 15) is 18.4 Å². The van der Waals surface area contributed by atoms with Gasteiger partial charge in [0.15, 0.2) is 0 Å². The number of hydrogen-bond donors (Lipinski definition) is 1. The number of nitrogens with one attached hydrogen (secondary N) is 1. The van der Waals surface area contributed by atoms with E-state index in [1.807, 2.05) is 0 Å². The maximum Gasteiger partial charge on any atom is 0.229 e. The lowest BCUT2D eigenvalue weighted by atomic mass is 10.1. The van der Waals surface area contributed by atoms with Gasteiger partial charge >= 0.3 is 0 Å². The van der Waals surface area contributed by atoms with Crippen molar-refractivity contribution in [3.05, 3.63) is 60.2 Å². The molecule has 0 bridgehead atoms. The first-order valence-corrected chi connectivity index (χ1v) is 7.15. The van der Waals surface area contributed by atoms with E-state index in [-0.39, 0.29) is 36.4 Å². The minimum Gasteiger partial charge on any atom is -0.326 e. The van der Waals surface area contributed by atoms with Crippen molar-refractivity contribution < 1.29 is 18.4 Å². The molecule has 6 heteroatoms. The van der Waals surface area contributed by atoms with E-state index in [4.69, 9.17) is 0 Å². The lowest BCUT2D eigenvalue weighted by molar-refractivity contribution is -0.122. The van der Waals surface area contributed by atoms with Crippen LogP contribution in [0.1, 0.15) is 6.42 Å². The van der Waals surface area contributed by atoms with Crippen LogP contribution in [0, 0.1) is 17.6 Å². The highest BCUT2D eigenvalue weighted by molar-refractivity contribution is 6.03. The second-order valence-corrected chi connectivity index (χ2v) is 5.38. The molecule has 0 spiro atoms. The van der Waals surface area contributed by atoms with Gasteiger partial charge in [-0.25, -0.2) is 8.78 Å². The first kappa shape index (κ1) is 15.1. The second-order valence-electron chi connectivity index (χ2n) is 5.38. The minimum atomic E-state index is -0.502. The molecule has 3 rings (SSSR count). The topological polar surface area (TPSA) is 49.4 Å². The number of halogens is 2. The maximum atomic E-state index is 13.0.